The van der Waals surface area contributed by atoms with Crippen LogP contribution in [0, 0.1) is 5.92 Å². The van der Waals surface area contributed by atoms with Crippen molar-refractivity contribution in [2.24, 2.45) is 5.92 Å². The fourth-order valence-electron chi connectivity index (χ4n) is 1.88. The van der Waals surface area contributed by atoms with Gasteiger partial charge in [-0.05, 0) is 39.0 Å². The molecule has 13 heavy (non-hydrogen) atoms. The Balaban J connectivity index is 2.22. The minimum atomic E-state index is 0.358. The fourth-order valence-corrected chi connectivity index (χ4v) is 2.28. The zero-order valence-electron chi connectivity index (χ0n) is 8.76. The number of alkyl halides is 1. The maximum Gasteiger partial charge on any atom is 0.0519 e. The van der Waals surface area contributed by atoms with Crippen LogP contribution in [0.15, 0.2) is 0 Å². The quantitative estimate of drug-likeness (QED) is 0.504. The first-order valence-corrected chi connectivity index (χ1v) is 5.87. The van der Waals surface area contributed by atoms with Crippen LogP contribution < -0.4 is 0 Å². The molecule has 0 spiro atoms. The maximum atomic E-state index is 6.18. The first-order chi connectivity index (χ1) is 6.18. The standard InChI is InChI=1S/C11H21ClO/c1-9(2)13-8-10-5-3-4-6-11(12)7-10/h9-11H,3-8H2,1-2H3. The largest absolute Gasteiger partial charge is 0.379 e. The van der Waals surface area contributed by atoms with Crippen molar-refractivity contribution in [3.05, 3.63) is 0 Å². The molecule has 0 bridgehead atoms. The summed E-state index contributed by atoms with van der Waals surface area (Å²) in [5, 5.41) is 0.392. The maximum absolute atomic E-state index is 6.18. The Bertz CT molecular complexity index is 136. The van der Waals surface area contributed by atoms with E-state index in [2.05, 4.69) is 13.8 Å². The number of halogens is 1. The Morgan fingerprint density at radius 2 is 2.00 bits per heavy atom. The van der Waals surface area contributed by atoms with Crippen molar-refractivity contribution in [1.82, 2.24) is 0 Å². The molecular weight excluding hydrogens is 184 g/mol. The van der Waals surface area contributed by atoms with Crippen LogP contribution in [-0.2, 0) is 4.74 Å². The van der Waals surface area contributed by atoms with E-state index < -0.39 is 0 Å². The van der Waals surface area contributed by atoms with Gasteiger partial charge in [0.1, 0.15) is 0 Å². The predicted molar refractivity (Wildman–Crippen MR) is 57.3 cm³/mol. The first-order valence-electron chi connectivity index (χ1n) is 5.44. The molecule has 1 rings (SSSR count). The molecular formula is C11H21ClO. The molecule has 2 unspecified atom stereocenters. The van der Waals surface area contributed by atoms with Gasteiger partial charge in [-0.25, -0.2) is 0 Å². The molecule has 0 aromatic rings. The minimum absolute atomic E-state index is 0.358. The normalized spacial score (nSPS) is 30.5. The molecule has 0 aromatic heterocycles. The molecule has 0 N–H and O–H groups in total. The number of hydrogen-bond acceptors (Lipinski definition) is 1. The molecule has 0 aromatic carbocycles. The highest BCUT2D eigenvalue weighted by Crippen LogP contribution is 2.26. The lowest BCUT2D eigenvalue weighted by molar-refractivity contribution is 0.0475. The summed E-state index contributed by atoms with van der Waals surface area (Å²) < 4.78 is 5.63. The molecule has 0 heterocycles. The van der Waals surface area contributed by atoms with Gasteiger partial charge < -0.3 is 4.74 Å². The van der Waals surface area contributed by atoms with E-state index in [1.54, 1.807) is 0 Å². The lowest BCUT2D eigenvalue weighted by Gasteiger charge is -2.17. The van der Waals surface area contributed by atoms with Crippen LogP contribution in [0.4, 0.5) is 0 Å². The SMILES string of the molecule is CC(C)OCC1CCCCC(Cl)C1. The number of hydrogen-bond donors (Lipinski definition) is 0. The van der Waals surface area contributed by atoms with Crippen molar-refractivity contribution < 1.29 is 4.74 Å². The first kappa shape index (κ1) is 11.3. The van der Waals surface area contributed by atoms with E-state index in [1.165, 1.54) is 25.7 Å². The van der Waals surface area contributed by atoms with E-state index in [9.17, 15) is 0 Å². The Labute approximate surface area is 86.8 Å². The molecule has 1 saturated carbocycles. The van der Waals surface area contributed by atoms with Gasteiger partial charge in [0, 0.05) is 12.0 Å². The van der Waals surface area contributed by atoms with Crippen molar-refractivity contribution in [3.8, 4) is 0 Å². The molecule has 1 aliphatic carbocycles. The molecule has 0 radical (unpaired) electrons. The molecule has 1 fully saturated rings. The summed E-state index contributed by atoms with van der Waals surface area (Å²) in [6, 6.07) is 0. The highest BCUT2D eigenvalue weighted by molar-refractivity contribution is 6.20. The zero-order chi connectivity index (χ0) is 9.68. The van der Waals surface area contributed by atoms with Gasteiger partial charge in [-0.3, -0.25) is 0 Å². The topological polar surface area (TPSA) is 9.23 Å². The summed E-state index contributed by atoms with van der Waals surface area (Å²) in [5.74, 6) is 0.701. The van der Waals surface area contributed by atoms with Crippen LogP contribution in [0.25, 0.3) is 0 Å². The van der Waals surface area contributed by atoms with Crippen molar-refractivity contribution >= 4 is 11.6 Å². The van der Waals surface area contributed by atoms with Crippen LogP contribution in [0.5, 0.6) is 0 Å². The van der Waals surface area contributed by atoms with Gasteiger partial charge in [-0.1, -0.05) is 12.8 Å². The summed E-state index contributed by atoms with van der Waals surface area (Å²) in [6.07, 6.45) is 6.63. The Morgan fingerprint density at radius 1 is 1.31 bits per heavy atom. The van der Waals surface area contributed by atoms with Gasteiger partial charge in [0.2, 0.25) is 0 Å². The van der Waals surface area contributed by atoms with E-state index in [-0.39, 0.29) is 0 Å². The molecule has 2 heteroatoms. The van der Waals surface area contributed by atoms with Gasteiger partial charge in [0.15, 0.2) is 0 Å². The average Bonchev–Trinajstić information content (AvgIpc) is 2.26. The second kappa shape index (κ2) is 5.87. The van der Waals surface area contributed by atoms with Gasteiger partial charge in [-0.2, -0.15) is 0 Å². The lowest BCUT2D eigenvalue weighted by atomic mass is 10.0. The zero-order valence-corrected chi connectivity index (χ0v) is 9.52. The lowest BCUT2D eigenvalue weighted by Crippen LogP contribution is -2.15. The van der Waals surface area contributed by atoms with E-state index in [1.807, 2.05) is 0 Å². The van der Waals surface area contributed by atoms with Gasteiger partial charge in [0.05, 0.1) is 6.10 Å². The Kier molecular flexibility index (Phi) is 5.12. The van der Waals surface area contributed by atoms with Gasteiger partial charge in [0.25, 0.3) is 0 Å². The third-order valence-electron chi connectivity index (χ3n) is 2.63. The third kappa shape index (κ3) is 4.87. The van der Waals surface area contributed by atoms with Crippen LogP contribution in [0.3, 0.4) is 0 Å². The summed E-state index contributed by atoms with van der Waals surface area (Å²) in [5.41, 5.74) is 0. The molecule has 1 nitrogen and oxygen atoms in total. The summed E-state index contributed by atoms with van der Waals surface area (Å²) in [6.45, 7) is 5.09. The van der Waals surface area contributed by atoms with Crippen LogP contribution in [0.1, 0.15) is 46.0 Å². The number of ether oxygens (including phenoxy) is 1. The van der Waals surface area contributed by atoms with Gasteiger partial charge >= 0.3 is 0 Å². The van der Waals surface area contributed by atoms with E-state index >= 15 is 0 Å². The smallest absolute Gasteiger partial charge is 0.0519 e. The van der Waals surface area contributed by atoms with Crippen LogP contribution in [-0.4, -0.2) is 18.1 Å². The van der Waals surface area contributed by atoms with E-state index in [0.29, 0.717) is 17.4 Å². The summed E-state index contributed by atoms with van der Waals surface area (Å²) >= 11 is 6.18. The third-order valence-corrected chi connectivity index (χ3v) is 3.03. The van der Waals surface area contributed by atoms with Crippen molar-refractivity contribution in [1.29, 1.82) is 0 Å². The molecule has 78 valence electrons. The van der Waals surface area contributed by atoms with E-state index in [4.69, 9.17) is 16.3 Å². The van der Waals surface area contributed by atoms with Crippen LogP contribution >= 0.6 is 11.6 Å². The molecule has 0 amide bonds. The molecule has 0 saturated heterocycles. The highest BCUT2D eigenvalue weighted by Gasteiger charge is 2.18. The monoisotopic (exact) mass is 204 g/mol. The second-order valence-electron chi connectivity index (χ2n) is 4.37. The fraction of sp³-hybridized carbons (Fsp3) is 1.00. The van der Waals surface area contributed by atoms with Crippen molar-refractivity contribution in [2.75, 3.05) is 6.61 Å². The highest BCUT2D eigenvalue weighted by atomic mass is 35.5. The summed E-state index contributed by atoms with van der Waals surface area (Å²) in [7, 11) is 0. The predicted octanol–water partition coefficient (Wildman–Crippen LogP) is 3.60. The Hall–Kier alpha value is 0.250. The number of rotatable bonds is 3. The van der Waals surface area contributed by atoms with Crippen LogP contribution in [0.2, 0.25) is 0 Å². The molecule has 2 atom stereocenters. The van der Waals surface area contributed by atoms with E-state index in [0.717, 1.165) is 13.0 Å². The molecule has 1 aliphatic rings. The second-order valence-corrected chi connectivity index (χ2v) is 4.98. The average molecular weight is 205 g/mol. The van der Waals surface area contributed by atoms with Gasteiger partial charge in [-0.15, -0.1) is 11.6 Å². The minimum Gasteiger partial charge on any atom is -0.379 e. The van der Waals surface area contributed by atoms with Crippen molar-refractivity contribution in [2.45, 2.75) is 57.4 Å². The summed E-state index contributed by atoms with van der Waals surface area (Å²) in [4.78, 5) is 0. The van der Waals surface area contributed by atoms with Crippen molar-refractivity contribution in [3.63, 3.8) is 0 Å². The molecule has 0 aliphatic heterocycles. The Morgan fingerprint density at radius 3 is 2.69 bits per heavy atom.